The molecular weight excluding hydrogens is 857 g/mol. The van der Waals surface area contributed by atoms with Crippen LogP contribution in [0, 0.1) is 0 Å². The minimum Gasteiger partial charge on any atom is -0.457 e. The average molecular weight is 925 g/mol. The third-order valence-electron chi connectivity index (χ3n) is 14.7. The molecule has 12 heteroatoms. The Hall–Kier alpha value is -5.40. The normalized spacial score (nSPS) is 22.9. The molecule has 0 saturated carbocycles. The molecule has 0 bridgehead atoms. The van der Waals surface area contributed by atoms with E-state index in [1.54, 1.807) is 0 Å². The van der Waals surface area contributed by atoms with Crippen LogP contribution in [0.5, 0.6) is 0 Å². The Kier molecular flexibility index (Phi) is 16.3. The summed E-state index contributed by atoms with van der Waals surface area (Å²) in [4.78, 5) is 63.9. The molecule has 1 heterocycles. The fourth-order valence-corrected chi connectivity index (χ4v) is 11.1. The van der Waals surface area contributed by atoms with Crippen LogP contribution in [0.2, 0.25) is 0 Å². The monoisotopic (exact) mass is 925 g/mol. The molecule has 0 radical (unpaired) electrons. The first-order valence-electron chi connectivity index (χ1n) is 25.3. The predicted octanol–water partition coefficient (Wildman–Crippen LogP) is 7.69. The van der Waals surface area contributed by atoms with Crippen LogP contribution in [0.1, 0.15) is 120 Å². The van der Waals surface area contributed by atoms with Gasteiger partial charge >= 0.3 is 23.9 Å². The summed E-state index contributed by atoms with van der Waals surface area (Å²) in [5, 5.41) is 0. The highest BCUT2D eigenvalue weighted by atomic mass is 16.6. The van der Waals surface area contributed by atoms with Crippen LogP contribution in [-0.2, 0) is 63.8 Å². The Labute approximate surface area is 401 Å². The van der Waals surface area contributed by atoms with Gasteiger partial charge in [0.05, 0.1) is 26.2 Å². The number of benzene rings is 4. The van der Waals surface area contributed by atoms with Crippen molar-refractivity contribution in [1.82, 2.24) is 19.6 Å². The summed E-state index contributed by atoms with van der Waals surface area (Å²) >= 11 is 0. The predicted molar refractivity (Wildman–Crippen MR) is 259 cm³/mol. The largest absolute Gasteiger partial charge is 0.457 e. The molecule has 4 unspecified atom stereocenters. The average Bonchev–Trinajstić information content (AvgIpc) is 3.35. The van der Waals surface area contributed by atoms with E-state index in [-0.39, 0.29) is 74.5 Å². The Morgan fingerprint density at radius 3 is 0.765 bits per heavy atom. The van der Waals surface area contributed by atoms with Gasteiger partial charge < -0.3 is 18.9 Å². The van der Waals surface area contributed by atoms with E-state index in [0.29, 0.717) is 52.4 Å². The number of aryl methyl sites for hydroxylation is 4. The Balaban J connectivity index is 0.921. The van der Waals surface area contributed by atoms with Gasteiger partial charge in [-0.3, -0.25) is 38.8 Å². The van der Waals surface area contributed by atoms with Gasteiger partial charge in [0.25, 0.3) is 0 Å². The zero-order chi connectivity index (χ0) is 46.7. The Bertz CT molecular complexity index is 2030. The van der Waals surface area contributed by atoms with Crippen LogP contribution < -0.4 is 0 Å². The number of hydrogen-bond donors (Lipinski definition) is 0. The van der Waals surface area contributed by atoms with Crippen LogP contribution in [-0.4, -0.2) is 122 Å². The molecule has 12 nitrogen and oxygen atoms in total. The van der Waals surface area contributed by atoms with Gasteiger partial charge in [0, 0.05) is 52.4 Å². The lowest BCUT2D eigenvalue weighted by Crippen LogP contribution is -2.49. The first-order valence-corrected chi connectivity index (χ1v) is 25.3. The van der Waals surface area contributed by atoms with Crippen molar-refractivity contribution in [1.29, 1.82) is 0 Å². The van der Waals surface area contributed by atoms with Crippen LogP contribution in [0.25, 0.3) is 0 Å². The number of ether oxygens (including phenoxy) is 4. The summed E-state index contributed by atoms with van der Waals surface area (Å²) in [6.45, 7) is 4.01. The van der Waals surface area contributed by atoms with Gasteiger partial charge in [-0.05, 0) is 122 Å². The second kappa shape index (κ2) is 23.3. The van der Waals surface area contributed by atoms with Crippen LogP contribution >= 0.6 is 0 Å². The first kappa shape index (κ1) is 47.7. The van der Waals surface area contributed by atoms with E-state index >= 15 is 0 Å². The summed E-state index contributed by atoms with van der Waals surface area (Å²) in [5.74, 6) is -1.19. The molecule has 1 saturated heterocycles. The summed E-state index contributed by atoms with van der Waals surface area (Å²) < 4.78 is 24.9. The number of nitrogens with zero attached hydrogens (tertiary/aromatic N) is 4. The maximum absolute atomic E-state index is 13.9. The Morgan fingerprint density at radius 2 is 0.544 bits per heavy atom. The summed E-state index contributed by atoms with van der Waals surface area (Å²) in [5.41, 5.74) is 9.21. The van der Waals surface area contributed by atoms with Crippen LogP contribution in [0.3, 0.4) is 0 Å². The molecule has 0 aromatic heterocycles. The molecule has 4 atom stereocenters. The van der Waals surface area contributed by atoms with Gasteiger partial charge in [-0.1, -0.05) is 97.1 Å². The number of esters is 4. The minimum atomic E-state index is -0.298. The first-order chi connectivity index (χ1) is 33.3. The maximum Gasteiger partial charge on any atom is 0.320 e. The third kappa shape index (κ3) is 12.6. The van der Waals surface area contributed by atoms with Crippen molar-refractivity contribution in [2.45, 2.75) is 101 Å². The summed E-state index contributed by atoms with van der Waals surface area (Å²) in [7, 11) is 0. The highest BCUT2D eigenvalue weighted by molar-refractivity contribution is 5.74. The number of fused-ring (bicyclic) bond motifs is 4. The molecule has 4 aromatic carbocycles. The number of rotatable bonds is 12. The maximum atomic E-state index is 13.9. The molecule has 360 valence electrons. The second-order valence-corrected chi connectivity index (χ2v) is 19.4. The van der Waals surface area contributed by atoms with Crippen molar-refractivity contribution in [2.24, 2.45) is 0 Å². The summed E-state index contributed by atoms with van der Waals surface area (Å²) in [6, 6.07) is 32.9. The zero-order valence-electron chi connectivity index (χ0n) is 39.6. The molecule has 5 aliphatic rings. The van der Waals surface area contributed by atoms with E-state index in [4.69, 9.17) is 18.9 Å². The molecule has 4 aliphatic carbocycles. The minimum absolute atomic E-state index is 0.0647. The van der Waals surface area contributed by atoms with Crippen LogP contribution in [0.4, 0.5) is 0 Å². The Morgan fingerprint density at radius 1 is 0.338 bits per heavy atom. The molecule has 0 spiro atoms. The molecule has 4 aromatic rings. The van der Waals surface area contributed by atoms with Crippen molar-refractivity contribution in [3.8, 4) is 0 Å². The van der Waals surface area contributed by atoms with Crippen molar-refractivity contribution in [2.75, 3.05) is 78.5 Å². The molecule has 0 N–H and O–H groups in total. The second-order valence-electron chi connectivity index (χ2n) is 19.4. The van der Waals surface area contributed by atoms with Gasteiger partial charge in [-0.25, -0.2) is 0 Å². The zero-order valence-corrected chi connectivity index (χ0v) is 39.6. The van der Waals surface area contributed by atoms with Crippen molar-refractivity contribution in [3.05, 3.63) is 142 Å². The van der Waals surface area contributed by atoms with E-state index in [2.05, 4.69) is 68.1 Å². The topological polar surface area (TPSA) is 118 Å². The lowest BCUT2D eigenvalue weighted by atomic mass is 9.89. The number of carbonyl (C=O) groups is 4. The smallest absolute Gasteiger partial charge is 0.320 e. The van der Waals surface area contributed by atoms with Gasteiger partial charge in [-0.2, -0.15) is 0 Å². The lowest BCUT2D eigenvalue weighted by molar-refractivity contribution is -0.154. The number of carbonyl (C=O) groups excluding carboxylic acids is 4. The van der Waals surface area contributed by atoms with E-state index in [1.807, 2.05) is 48.5 Å². The van der Waals surface area contributed by atoms with E-state index in [1.165, 1.54) is 22.3 Å². The molecule has 1 fully saturated rings. The highest BCUT2D eigenvalue weighted by Crippen LogP contribution is 2.36. The molecule has 9 rings (SSSR count). The van der Waals surface area contributed by atoms with E-state index in [0.717, 1.165) is 99.3 Å². The fourth-order valence-electron chi connectivity index (χ4n) is 11.1. The van der Waals surface area contributed by atoms with Crippen LogP contribution in [0.15, 0.2) is 97.1 Å². The molecule has 1 aliphatic heterocycles. The summed E-state index contributed by atoms with van der Waals surface area (Å²) in [6.07, 6.45) is 9.66. The van der Waals surface area contributed by atoms with Crippen molar-refractivity contribution in [3.63, 3.8) is 0 Å². The molecular formula is C56H68N4O8. The quantitative estimate of drug-likeness (QED) is 0.102. The van der Waals surface area contributed by atoms with Gasteiger partial charge in [0.2, 0.25) is 0 Å². The van der Waals surface area contributed by atoms with Gasteiger partial charge in [0.15, 0.2) is 0 Å². The van der Waals surface area contributed by atoms with Crippen molar-refractivity contribution < 1.29 is 38.1 Å². The van der Waals surface area contributed by atoms with E-state index in [9.17, 15) is 19.2 Å². The molecule has 68 heavy (non-hydrogen) atoms. The van der Waals surface area contributed by atoms with E-state index < -0.39 is 0 Å². The lowest BCUT2D eigenvalue weighted by Gasteiger charge is -2.34. The van der Waals surface area contributed by atoms with Gasteiger partial charge in [-0.15, -0.1) is 0 Å². The fraction of sp³-hybridized carbons (Fsp3) is 0.500. The third-order valence-corrected chi connectivity index (χ3v) is 14.7. The van der Waals surface area contributed by atoms with Crippen molar-refractivity contribution >= 4 is 23.9 Å². The number of hydrogen-bond acceptors (Lipinski definition) is 12. The highest BCUT2D eigenvalue weighted by Gasteiger charge is 2.30. The SMILES string of the molecule is O=C(CN1CCN(CC(=O)OC2CCCc3ccccc32)CCN(CC(=O)OC2CCCc3ccccc32)CCN(CC(=O)OC2CCCc3ccccc32)CC1)OC1CCCc2ccccc21. The van der Waals surface area contributed by atoms with Gasteiger partial charge in [0.1, 0.15) is 24.4 Å². The molecule has 0 amide bonds. The standard InChI is InChI=1S/C56H68N4O8/c61-53(65-49-25-9-17-41-13-1-5-21-45(41)49)37-57-29-31-58(38-54(62)66-50-26-10-18-42-14-2-6-22-46(42)50)33-35-60(40-56(64)68-52-28-12-20-44-16-4-8-24-48(44)52)36-34-59(32-30-57)39-55(63)67-51-27-11-19-43-15-3-7-23-47(43)51/h1-8,13-16,21-24,49-52H,9-12,17-20,25-40H2.